The Morgan fingerprint density at radius 2 is 1.79 bits per heavy atom. The fourth-order valence-electron chi connectivity index (χ4n) is 2.65. The molecule has 0 saturated heterocycles. The highest BCUT2D eigenvalue weighted by Crippen LogP contribution is 2.27. The van der Waals surface area contributed by atoms with Gasteiger partial charge in [0.15, 0.2) is 9.84 Å². The number of rotatable bonds is 3. The summed E-state index contributed by atoms with van der Waals surface area (Å²) >= 11 is 3.40. The Balaban J connectivity index is 2.05. The van der Waals surface area contributed by atoms with Gasteiger partial charge in [0.1, 0.15) is 0 Å². The van der Waals surface area contributed by atoms with Gasteiger partial charge < -0.3 is 4.90 Å². The average molecular weight is 406 g/mol. The zero-order chi connectivity index (χ0) is 17.3. The Labute approximate surface area is 149 Å². The van der Waals surface area contributed by atoms with Gasteiger partial charge in [-0.05, 0) is 53.2 Å². The second kappa shape index (κ2) is 6.53. The van der Waals surface area contributed by atoms with Gasteiger partial charge in [0.25, 0.3) is 5.91 Å². The number of carbonyl (C=O) groups is 1. The van der Waals surface area contributed by atoms with E-state index in [-0.39, 0.29) is 11.7 Å². The lowest BCUT2D eigenvalue weighted by Crippen LogP contribution is -2.41. The van der Waals surface area contributed by atoms with E-state index < -0.39 is 15.9 Å². The van der Waals surface area contributed by atoms with Gasteiger partial charge in [0.2, 0.25) is 0 Å². The van der Waals surface area contributed by atoms with Crippen molar-refractivity contribution in [2.75, 3.05) is 10.7 Å². The SMILES string of the molecule is Cc1ccc(N(C(=O)c2ccccc2Br)[C@@H]2C=CS(=O)(=O)C2)cc1. The van der Waals surface area contributed by atoms with Crippen molar-refractivity contribution in [3.05, 3.63) is 75.6 Å². The summed E-state index contributed by atoms with van der Waals surface area (Å²) in [6.07, 6.45) is 1.57. The van der Waals surface area contributed by atoms with Crippen molar-refractivity contribution in [3.63, 3.8) is 0 Å². The van der Waals surface area contributed by atoms with Crippen LogP contribution in [-0.2, 0) is 9.84 Å². The smallest absolute Gasteiger partial charge is 0.260 e. The second-order valence-electron chi connectivity index (χ2n) is 5.72. The monoisotopic (exact) mass is 405 g/mol. The zero-order valence-corrected chi connectivity index (χ0v) is 15.4. The minimum absolute atomic E-state index is 0.100. The predicted octanol–water partition coefficient (Wildman–Crippen LogP) is 3.72. The van der Waals surface area contributed by atoms with Gasteiger partial charge in [-0.1, -0.05) is 29.8 Å². The van der Waals surface area contributed by atoms with E-state index in [0.717, 1.165) is 5.56 Å². The number of halogens is 1. The number of nitrogens with zero attached hydrogens (tertiary/aromatic N) is 1. The van der Waals surface area contributed by atoms with Crippen LogP contribution >= 0.6 is 15.9 Å². The number of carbonyl (C=O) groups excluding carboxylic acids is 1. The number of anilines is 1. The lowest BCUT2D eigenvalue weighted by atomic mass is 10.1. The molecule has 0 radical (unpaired) electrons. The molecule has 1 atom stereocenters. The van der Waals surface area contributed by atoms with Gasteiger partial charge in [0, 0.05) is 15.6 Å². The van der Waals surface area contributed by atoms with Crippen LogP contribution in [0.15, 0.2) is 64.5 Å². The molecule has 2 aromatic rings. The molecule has 0 spiro atoms. The molecule has 0 bridgehead atoms. The number of aryl methyl sites for hydroxylation is 1. The van der Waals surface area contributed by atoms with E-state index in [1.807, 2.05) is 37.3 Å². The second-order valence-corrected chi connectivity index (χ2v) is 8.50. The van der Waals surface area contributed by atoms with E-state index >= 15 is 0 Å². The van der Waals surface area contributed by atoms with Crippen LogP contribution in [-0.4, -0.2) is 26.1 Å². The van der Waals surface area contributed by atoms with E-state index in [9.17, 15) is 13.2 Å². The molecule has 0 saturated carbocycles. The number of benzene rings is 2. The molecule has 0 N–H and O–H groups in total. The van der Waals surface area contributed by atoms with Crippen molar-refractivity contribution < 1.29 is 13.2 Å². The molecule has 0 fully saturated rings. The Morgan fingerprint density at radius 1 is 1.12 bits per heavy atom. The standard InChI is InChI=1S/C18H16BrNO3S/c1-13-6-8-14(9-7-13)20(15-10-11-24(22,23)12-15)18(21)16-4-2-3-5-17(16)19/h2-11,15H,12H2,1H3/t15-/m1/s1. The topological polar surface area (TPSA) is 54.5 Å². The third-order valence-electron chi connectivity index (χ3n) is 3.88. The van der Waals surface area contributed by atoms with Crippen molar-refractivity contribution >= 4 is 37.4 Å². The number of sulfone groups is 1. The predicted molar refractivity (Wildman–Crippen MR) is 98.8 cm³/mol. The first-order valence-corrected chi connectivity index (χ1v) is 9.94. The molecule has 0 aliphatic carbocycles. The van der Waals surface area contributed by atoms with Gasteiger partial charge >= 0.3 is 0 Å². The zero-order valence-electron chi connectivity index (χ0n) is 13.0. The molecule has 1 amide bonds. The summed E-state index contributed by atoms with van der Waals surface area (Å²) in [5, 5.41) is 1.19. The molecule has 1 heterocycles. The Hall–Kier alpha value is -1.92. The summed E-state index contributed by atoms with van der Waals surface area (Å²) in [6, 6.07) is 14.1. The van der Waals surface area contributed by atoms with Crippen LogP contribution in [0, 0.1) is 6.92 Å². The summed E-state index contributed by atoms with van der Waals surface area (Å²) in [5.74, 6) is -0.338. The maximum absolute atomic E-state index is 13.1. The van der Waals surface area contributed by atoms with Crippen LogP contribution in [0.25, 0.3) is 0 Å². The Kier molecular flexibility index (Phi) is 4.60. The molecular weight excluding hydrogens is 390 g/mol. The van der Waals surface area contributed by atoms with E-state index in [1.165, 1.54) is 5.41 Å². The minimum atomic E-state index is -3.27. The summed E-state index contributed by atoms with van der Waals surface area (Å²) < 4.78 is 24.3. The molecule has 1 aliphatic heterocycles. The molecular formula is C18H16BrNO3S. The quantitative estimate of drug-likeness (QED) is 0.781. The van der Waals surface area contributed by atoms with E-state index in [4.69, 9.17) is 0 Å². The largest absolute Gasteiger partial charge is 0.300 e. The van der Waals surface area contributed by atoms with Crippen LogP contribution in [0.2, 0.25) is 0 Å². The lowest BCUT2D eigenvalue weighted by molar-refractivity contribution is 0.0982. The molecule has 0 aromatic heterocycles. The van der Waals surface area contributed by atoms with Crippen molar-refractivity contribution in [1.82, 2.24) is 0 Å². The van der Waals surface area contributed by atoms with Crippen molar-refractivity contribution in [3.8, 4) is 0 Å². The number of hydrogen-bond acceptors (Lipinski definition) is 3. The third kappa shape index (κ3) is 3.44. The normalized spacial score (nSPS) is 18.5. The van der Waals surface area contributed by atoms with Crippen molar-refractivity contribution in [2.45, 2.75) is 13.0 Å². The molecule has 6 heteroatoms. The molecule has 0 unspecified atom stereocenters. The number of hydrogen-bond donors (Lipinski definition) is 0. The lowest BCUT2D eigenvalue weighted by Gasteiger charge is -2.28. The highest BCUT2D eigenvalue weighted by atomic mass is 79.9. The van der Waals surface area contributed by atoms with Gasteiger partial charge in [-0.25, -0.2) is 8.42 Å². The summed E-state index contributed by atoms with van der Waals surface area (Å²) in [6.45, 7) is 1.96. The molecule has 24 heavy (non-hydrogen) atoms. The van der Waals surface area contributed by atoms with Crippen molar-refractivity contribution in [1.29, 1.82) is 0 Å². The summed E-state index contributed by atoms with van der Waals surface area (Å²) in [5.41, 5.74) is 2.24. The molecule has 3 rings (SSSR count). The van der Waals surface area contributed by atoms with Crippen LogP contribution in [0.4, 0.5) is 5.69 Å². The maximum Gasteiger partial charge on any atom is 0.260 e. The average Bonchev–Trinajstić information content (AvgIpc) is 2.89. The fourth-order valence-corrected chi connectivity index (χ4v) is 4.37. The van der Waals surface area contributed by atoms with Crippen LogP contribution in [0.1, 0.15) is 15.9 Å². The van der Waals surface area contributed by atoms with E-state index in [0.29, 0.717) is 15.7 Å². The molecule has 4 nitrogen and oxygen atoms in total. The molecule has 124 valence electrons. The van der Waals surface area contributed by atoms with Crippen LogP contribution < -0.4 is 4.90 Å². The first-order chi connectivity index (χ1) is 11.4. The summed E-state index contributed by atoms with van der Waals surface area (Å²) in [7, 11) is -3.27. The first-order valence-electron chi connectivity index (χ1n) is 7.43. The van der Waals surface area contributed by atoms with Crippen LogP contribution in [0.3, 0.4) is 0 Å². The van der Waals surface area contributed by atoms with Gasteiger partial charge in [-0.3, -0.25) is 4.79 Å². The highest BCUT2D eigenvalue weighted by Gasteiger charge is 2.32. The Morgan fingerprint density at radius 3 is 2.38 bits per heavy atom. The molecule has 2 aromatic carbocycles. The van der Waals surface area contributed by atoms with Crippen LogP contribution in [0.5, 0.6) is 0 Å². The highest BCUT2D eigenvalue weighted by molar-refractivity contribution is 9.10. The van der Waals surface area contributed by atoms with Gasteiger partial charge in [0.05, 0.1) is 17.4 Å². The van der Waals surface area contributed by atoms with Crippen molar-refractivity contribution in [2.24, 2.45) is 0 Å². The summed E-state index contributed by atoms with van der Waals surface area (Å²) in [4.78, 5) is 14.7. The first kappa shape index (κ1) is 16.9. The van der Waals surface area contributed by atoms with E-state index in [2.05, 4.69) is 15.9 Å². The fraction of sp³-hybridized carbons (Fsp3) is 0.167. The minimum Gasteiger partial charge on any atom is -0.300 e. The van der Waals surface area contributed by atoms with E-state index in [1.54, 1.807) is 29.2 Å². The van der Waals surface area contributed by atoms with Gasteiger partial charge in [-0.15, -0.1) is 0 Å². The third-order valence-corrected chi connectivity index (χ3v) is 5.95. The maximum atomic E-state index is 13.1. The van der Waals surface area contributed by atoms with Gasteiger partial charge in [-0.2, -0.15) is 0 Å². The Bertz CT molecular complexity index is 904. The number of amides is 1. The molecule has 1 aliphatic rings.